The topological polar surface area (TPSA) is 30.3 Å². The Balaban J connectivity index is 2.09. The van der Waals surface area contributed by atoms with Crippen LogP contribution in [0.1, 0.15) is 17.5 Å². The van der Waals surface area contributed by atoms with E-state index in [-0.39, 0.29) is 0 Å². The van der Waals surface area contributed by atoms with E-state index in [1.807, 2.05) is 13.0 Å². The Bertz CT molecular complexity index is 461. The Labute approximate surface area is 110 Å². The van der Waals surface area contributed by atoms with Crippen molar-refractivity contribution in [2.45, 2.75) is 13.3 Å². The largest absolute Gasteiger partial charge is 0.373 e. The molecule has 3 heteroatoms. The van der Waals surface area contributed by atoms with Gasteiger partial charge >= 0.3 is 0 Å². The molecule has 0 spiro atoms. The highest BCUT2D eigenvalue weighted by atomic mass is 15.2. The predicted molar refractivity (Wildman–Crippen MR) is 74.8 cm³/mol. The number of benzene rings is 1. The number of aryl methyl sites for hydroxylation is 1. The molecule has 18 heavy (non-hydrogen) atoms. The van der Waals surface area contributed by atoms with E-state index in [9.17, 15) is 5.26 Å². The van der Waals surface area contributed by atoms with Gasteiger partial charge in [-0.2, -0.15) is 5.26 Å². The van der Waals surface area contributed by atoms with E-state index in [4.69, 9.17) is 0 Å². The van der Waals surface area contributed by atoms with Gasteiger partial charge in [0.1, 0.15) is 6.07 Å². The molecule has 3 nitrogen and oxygen atoms in total. The molecule has 0 aromatic heterocycles. The molecule has 0 bridgehead atoms. The first-order chi connectivity index (χ1) is 8.60. The van der Waals surface area contributed by atoms with Crippen molar-refractivity contribution in [3.63, 3.8) is 0 Å². The van der Waals surface area contributed by atoms with Gasteiger partial charge in [0, 0.05) is 20.1 Å². The average molecular weight is 243 g/mol. The molecule has 0 N–H and O–H groups in total. The van der Waals surface area contributed by atoms with Gasteiger partial charge in [0.05, 0.1) is 11.3 Å². The summed E-state index contributed by atoms with van der Waals surface area (Å²) >= 11 is 0. The molecule has 1 aromatic carbocycles. The van der Waals surface area contributed by atoms with E-state index in [1.165, 1.54) is 13.0 Å². The van der Waals surface area contributed by atoms with Crippen LogP contribution in [0.4, 0.5) is 5.69 Å². The molecule has 1 unspecified atom stereocenters. The van der Waals surface area contributed by atoms with Crippen LogP contribution in [0.15, 0.2) is 18.2 Å². The van der Waals surface area contributed by atoms with Crippen LogP contribution in [-0.2, 0) is 0 Å². The predicted octanol–water partition coefficient (Wildman–Crippen LogP) is 2.25. The van der Waals surface area contributed by atoms with E-state index >= 15 is 0 Å². The first-order valence-corrected chi connectivity index (χ1v) is 6.50. The van der Waals surface area contributed by atoms with Gasteiger partial charge in [0.2, 0.25) is 0 Å². The van der Waals surface area contributed by atoms with Crippen LogP contribution in [0.25, 0.3) is 0 Å². The first kappa shape index (κ1) is 12.9. The normalized spacial score (nSPS) is 19.8. The van der Waals surface area contributed by atoms with Crippen molar-refractivity contribution >= 4 is 5.69 Å². The molecule has 0 amide bonds. The lowest BCUT2D eigenvalue weighted by atomic mass is 10.1. The summed E-state index contributed by atoms with van der Waals surface area (Å²) < 4.78 is 0. The second-order valence-corrected chi connectivity index (χ2v) is 5.43. The van der Waals surface area contributed by atoms with Gasteiger partial charge in [-0.05, 0) is 50.6 Å². The number of likely N-dealkylation sites (tertiary alicyclic amines) is 1. The summed E-state index contributed by atoms with van der Waals surface area (Å²) in [6.45, 7) is 5.41. The SMILES string of the molecule is Cc1ccc(N(C)CC2CCN(C)C2)c(C#N)c1. The highest BCUT2D eigenvalue weighted by molar-refractivity contribution is 5.60. The Kier molecular flexibility index (Phi) is 3.88. The lowest BCUT2D eigenvalue weighted by molar-refractivity contribution is 0.396. The lowest BCUT2D eigenvalue weighted by Gasteiger charge is -2.24. The minimum Gasteiger partial charge on any atom is -0.373 e. The standard InChI is InChI=1S/C15H21N3/c1-12-4-5-15(14(8-12)9-16)18(3)11-13-6-7-17(2)10-13/h4-5,8,13H,6-7,10-11H2,1-3H3. The summed E-state index contributed by atoms with van der Waals surface area (Å²) in [4.78, 5) is 4.60. The van der Waals surface area contributed by atoms with Gasteiger partial charge in [0.15, 0.2) is 0 Å². The van der Waals surface area contributed by atoms with Crippen molar-refractivity contribution in [2.75, 3.05) is 38.6 Å². The maximum atomic E-state index is 9.21. The van der Waals surface area contributed by atoms with Gasteiger partial charge in [-0.3, -0.25) is 0 Å². The van der Waals surface area contributed by atoms with Gasteiger partial charge in [0.25, 0.3) is 0 Å². The second-order valence-electron chi connectivity index (χ2n) is 5.43. The number of hydrogen-bond donors (Lipinski definition) is 0. The molecule has 1 fully saturated rings. The molecule has 0 saturated carbocycles. The van der Waals surface area contributed by atoms with Crippen LogP contribution in [0.5, 0.6) is 0 Å². The maximum absolute atomic E-state index is 9.21. The van der Waals surface area contributed by atoms with Crippen molar-refractivity contribution in [2.24, 2.45) is 5.92 Å². The third-order valence-corrected chi connectivity index (χ3v) is 3.70. The van der Waals surface area contributed by atoms with Gasteiger partial charge in [-0.1, -0.05) is 6.07 Å². The highest BCUT2D eigenvalue weighted by Crippen LogP contribution is 2.23. The summed E-state index contributed by atoms with van der Waals surface area (Å²) in [5.74, 6) is 0.716. The summed E-state index contributed by atoms with van der Waals surface area (Å²) in [6.07, 6.45) is 1.26. The summed E-state index contributed by atoms with van der Waals surface area (Å²) in [7, 11) is 4.26. The zero-order valence-corrected chi connectivity index (χ0v) is 11.5. The number of anilines is 1. The van der Waals surface area contributed by atoms with Crippen LogP contribution >= 0.6 is 0 Å². The van der Waals surface area contributed by atoms with E-state index in [0.29, 0.717) is 5.92 Å². The first-order valence-electron chi connectivity index (χ1n) is 6.50. The summed E-state index contributed by atoms with van der Waals surface area (Å²) in [5, 5.41) is 9.21. The molecule has 2 rings (SSSR count). The molecular weight excluding hydrogens is 222 g/mol. The Morgan fingerprint density at radius 2 is 2.28 bits per heavy atom. The van der Waals surface area contributed by atoms with E-state index in [2.05, 4.69) is 42.1 Å². The van der Waals surface area contributed by atoms with Crippen LogP contribution < -0.4 is 4.90 Å². The smallest absolute Gasteiger partial charge is 0.101 e. The number of nitrogens with zero attached hydrogens (tertiary/aromatic N) is 3. The van der Waals surface area contributed by atoms with Crippen molar-refractivity contribution in [1.29, 1.82) is 5.26 Å². The molecular formula is C15H21N3. The van der Waals surface area contributed by atoms with E-state index < -0.39 is 0 Å². The minimum atomic E-state index is 0.716. The molecule has 96 valence electrons. The molecule has 1 aromatic rings. The van der Waals surface area contributed by atoms with Gasteiger partial charge in [-0.25, -0.2) is 0 Å². The molecule has 1 heterocycles. The Morgan fingerprint density at radius 3 is 2.89 bits per heavy atom. The minimum absolute atomic E-state index is 0.716. The highest BCUT2D eigenvalue weighted by Gasteiger charge is 2.21. The van der Waals surface area contributed by atoms with Gasteiger partial charge < -0.3 is 9.80 Å². The van der Waals surface area contributed by atoms with Crippen molar-refractivity contribution in [3.05, 3.63) is 29.3 Å². The number of nitriles is 1. The van der Waals surface area contributed by atoms with Crippen molar-refractivity contribution < 1.29 is 0 Å². The Morgan fingerprint density at radius 1 is 1.50 bits per heavy atom. The number of rotatable bonds is 3. The third-order valence-electron chi connectivity index (χ3n) is 3.70. The summed E-state index contributed by atoms with van der Waals surface area (Å²) in [5.41, 5.74) is 2.98. The maximum Gasteiger partial charge on any atom is 0.101 e. The lowest BCUT2D eigenvalue weighted by Crippen LogP contribution is -2.27. The fourth-order valence-electron chi connectivity index (χ4n) is 2.73. The molecule has 0 aliphatic carbocycles. The van der Waals surface area contributed by atoms with Crippen molar-refractivity contribution in [1.82, 2.24) is 4.90 Å². The van der Waals surface area contributed by atoms with Crippen molar-refractivity contribution in [3.8, 4) is 6.07 Å². The molecule has 0 radical (unpaired) electrons. The van der Waals surface area contributed by atoms with Gasteiger partial charge in [-0.15, -0.1) is 0 Å². The molecule has 1 aliphatic heterocycles. The second kappa shape index (κ2) is 5.41. The number of hydrogen-bond acceptors (Lipinski definition) is 3. The van der Waals surface area contributed by atoms with Crippen LogP contribution in [0, 0.1) is 24.2 Å². The van der Waals surface area contributed by atoms with Crippen LogP contribution in [-0.4, -0.2) is 38.6 Å². The fourth-order valence-corrected chi connectivity index (χ4v) is 2.73. The summed E-state index contributed by atoms with van der Waals surface area (Å²) in [6, 6.07) is 8.40. The zero-order valence-electron chi connectivity index (χ0n) is 11.5. The zero-order chi connectivity index (χ0) is 13.1. The monoisotopic (exact) mass is 243 g/mol. The van der Waals surface area contributed by atoms with E-state index in [1.54, 1.807) is 0 Å². The quantitative estimate of drug-likeness (QED) is 0.815. The molecule has 1 aliphatic rings. The van der Waals surface area contributed by atoms with Crippen LogP contribution in [0.3, 0.4) is 0 Å². The average Bonchev–Trinajstić information content (AvgIpc) is 2.74. The fraction of sp³-hybridized carbons (Fsp3) is 0.533. The van der Waals surface area contributed by atoms with E-state index in [0.717, 1.165) is 29.9 Å². The molecule has 1 saturated heterocycles. The Hall–Kier alpha value is -1.53. The third kappa shape index (κ3) is 2.83. The van der Waals surface area contributed by atoms with Crippen LogP contribution in [0.2, 0.25) is 0 Å². The molecule has 1 atom stereocenters.